The number of nitrogens with one attached hydrogen (secondary N) is 1. The van der Waals surface area contributed by atoms with Gasteiger partial charge in [-0.1, -0.05) is 28.8 Å². The topological polar surface area (TPSA) is 55.1 Å². The van der Waals surface area contributed by atoms with Crippen molar-refractivity contribution in [1.29, 1.82) is 0 Å². The third kappa shape index (κ3) is 3.30. The third-order valence-electron chi connectivity index (χ3n) is 3.41. The minimum Gasteiger partial charge on any atom is -0.327 e. The van der Waals surface area contributed by atoms with Crippen LogP contribution in [-0.2, 0) is 4.79 Å². The summed E-state index contributed by atoms with van der Waals surface area (Å²) in [5.41, 5.74) is 5.47. The van der Waals surface area contributed by atoms with E-state index in [-0.39, 0.29) is 16.4 Å². The molecular weight excluding hydrogens is 318 g/mol. The molecule has 0 aliphatic heterocycles. The van der Waals surface area contributed by atoms with E-state index >= 15 is 0 Å². The zero-order chi connectivity index (χ0) is 14.0. The van der Waals surface area contributed by atoms with Gasteiger partial charge < -0.3 is 11.1 Å². The van der Waals surface area contributed by atoms with Crippen molar-refractivity contribution in [2.45, 2.75) is 31.7 Å². The molecule has 2 rings (SSSR count). The molecule has 0 spiro atoms. The van der Waals surface area contributed by atoms with E-state index < -0.39 is 23.2 Å². The molecule has 1 saturated carbocycles. The van der Waals surface area contributed by atoms with Crippen LogP contribution >= 0.6 is 15.9 Å². The summed E-state index contributed by atoms with van der Waals surface area (Å²) in [6.45, 7) is 0. The Morgan fingerprint density at radius 3 is 2.42 bits per heavy atom. The predicted octanol–water partition coefficient (Wildman–Crippen LogP) is 3.18. The number of halogens is 3. The average molecular weight is 333 g/mol. The van der Waals surface area contributed by atoms with Gasteiger partial charge in [0, 0.05) is 10.5 Å². The first-order valence-corrected chi connectivity index (χ1v) is 6.99. The lowest BCUT2D eigenvalue weighted by molar-refractivity contribution is -0.121. The van der Waals surface area contributed by atoms with Crippen LogP contribution in [0, 0.1) is 17.6 Å². The van der Waals surface area contributed by atoms with Crippen LogP contribution < -0.4 is 11.1 Å². The van der Waals surface area contributed by atoms with Crippen LogP contribution in [0.25, 0.3) is 0 Å². The average Bonchev–Trinajstić information content (AvgIpc) is 2.34. The highest BCUT2D eigenvalue weighted by molar-refractivity contribution is 9.10. The molecule has 3 N–H and O–H groups in total. The molecule has 19 heavy (non-hydrogen) atoms. The van der Waals surface area contributed by atoms with E-state index in [9.17, 15) is 13.6 Å². The Kier molecular flexibility index (Phi) is 4.52. The van der Waals surface area contributed by atoms with Crippen molar-refractivity contribution in [3.63, 3.8) is 0 Å². The highest BCUT2D eigenvalue weighted by Crippen LogP contribution is 2.27. The predicted molar refractivity (Wildman–Crippen MR) is 72.6 cm³/mol. The highest BCUT2D eigenvalue weighted by Gasteiger charge is 2.29. The summed E-state index contributed by atoms with van der Waals surface area (Å²) in [4.78, 5) is 12.0. The molecule has 1 aliphatic rings. The van der Waals surface area contributed by atoms with E-state index in [0.29, 0.717) is 6.42 Å². The Labute approximate surface area is 118 Å². The maximum atomic E-state index is 13.6. The van der Waals surface area contributed by atoms with Crippen LogP contribution in [0.4, 0.5) is 14.5 Å². The van der Waals surface area contributed by atoms with Crippen molar-refractivity contribution in [3.8, 4) is 0 Å². The maximum absolute atomic E-state index is 13.6. The molecule has 0 heterocycles. The van der Waals surface area contributed by atoms with Crippen molar-refractivity contribution in [3.05, 3.63) is 28.2 Å². The zero-order valence-electron chi connectivity index (χ0n) is 10.3. The lowest BCUT2D eigenvalue weighted by Gasteiger charge is -2.27. The fourth-order valence-electron chi connectivity index (χ4n) is 2.36. The van der Waals surface area contributed by atoms with Gasteiger partial charge in [0.25, 0.3) is 0 Å². The first kappa shape index (κ1) is 14.4. The van der Waals surface area contributed by atoms with E-state index in [0.717, 1.165) is 31.4 Å². The molecule has 0 aromatic heterocycles. The van der Waals surface area contributed by atoms with Gasteiger partial charge in [-0.3, -0.25) is 4.79 Å². The smallest absolute Gasteiger partial charge is 0.229 e. The molecular formula is C13H15BrF2N2O. The number of carbonyl (C=O) groups excluding carboxylic acids is 1. The largest absolute Gasteiger partial charge is 0.327 e. The molecule has 1 aromatic rings. The molecule has 104 valence electrons. The van der Waals surface area contributed by atoms with E-state index in [4.69, 9.17) is 5.73 Å². The molecule has 1 amide bonds. The summed E-state index contributed by atoms with van der Waals surface area (Å²) < 4.78 is 27.5. The van der Waals surface area contributed by atoms with Crippen LogP contribution in [-0.4, -0.2) is 11.9 Å². The first-order chi connectivity index (χ1) is 8.99. The van der Waals surface area contributed by atoms with E-state index in [1.54, 1.807) is 0 Å². The highest BCUT2D eigenvalue weighted by atomic mass is 79.9. The van der Waals surface area contributed by atoms with E-state index in [1.807, 2.05) is 0 Å². The minimum atomic E-state index is -0.801. The summed E-state index contributed by atoms with van der Waals surface area (Å²) in [5, 5.41) is 2.32. The van der Waals surface area contributed by atoms with Gasteiger partial charge in [0.2, 0.25) is 5.91 Å². The Bertz CT molecular complexity index is 473. The van der Waals surface area contributed by atoms with Crippen LogP contribution in [0.1, 0.15) is 25.7 Å². The SMILES string of the molecule is NC1CCCCC1C(=O)Nc1c(F)cc(Br)cc1F. The standard InChI is InChI=1S/C13H15BrF2N2O/c14-7-5-9(15)12(10(16)6-7)18-13(19)8-3-1-2-4-11(8)17/h5-6,8,11H,1-4,17H2,(H,18,19). The van der Waals surface area contributed by atoms with Gasteiger partial charge in [0.05, 0.1) is 5.92 Å². The Morgan fingerprint density at radius 1 is 1.26 bits per heavy atom. The van der Waals surface area contributed by atoms with Crippen molar-refractivity contribution >= 4 is 27.5 Å². The van der Waals surface area contributed by atoms with Crippen molar-refractivity contribution in [2.24, 2.45) is 11.7 Å². The third-order valence-corrected chi connectivity index (χ3v) is 3.87. The molecule has 6 heteroatoms. The number of rotatable bonds is 2. The van der Waals surface area contributed by atoms with Gasteiger partial charge in [-0.05, 0) is 25.0 Å². The molecule has 2 atom stereocenters. The van der Waals surface area contributed by atoms with Gasteiger partial charge in [-0.15, -0.1) is 0 Å². The summed E-state index contributed by atoms with van der Waals surface area (Å²) in [5.74, 6) is -2.39. The minimum absolute atomic E-state index is 0.240. The van der Waals surface area contributed by atoms with Crippen LogP contribution in [0.2, 0.25) is 0 Å². The normalized spacial score (nSPS) is 23.2. The maximum Gasteiger partial charge on any atom is 0.229 e. The van der Waals surface area contributed by atoms with Crippen molar-refractivity contribution in [2.75, 3.05) is 5.32 Å². The van der Waals surface area contributed by atoms with Gasteiger partial charge in [-0.25, -0.2) is 8.78 Å². The van der Waals surface area contributed by atoms with Crippen molar-refractivity contribution in [1.82, 2.24) is 0 Å². The number of hydrogen-bond acceptors (Lipinski definition) is 2. The lowest BCUT2D eigenvalue weighted by Crippen LogP contribution is -2.41. The second-order valence-corrected chi connectivity index (χ2v) is 5.70. The Hall–Kier alpha value is -1.01. The summed E-state index contributed by atoms with van der Waals surface area (Å²) >= 11 is 2.99. The molecule has 0 radical (unpaired) electrons. The summed E-state index contributed by atoms with van der Waals surface area (Å²) in [6.07, 6.45) is 3.33. The second kappa shape index (κ2) is 5.96. The quantitative estimate of drug-likeness (QED) is 0.873. The van der Waals surface area contributed by atoms with Gasteiger partial charge >= 0.3 is 0 Å². The van der Waals surface area contributed by atoms with Crippen molar-refractivity contribution < 1.29 is 13.6 Å². The zero-order valence-corrected chi connectivity index (χ0v) is 11.8. The fourth-order valence-corrected chi connectivity index (χ4v) is 2.76. The monoisotopic (exact) mass is 332 g/mol. The van der Waals surface area contributed by atoms with Gasteiger partial charge in [0.15, 0.2) is 11.6 Å². The number of amides is 1. The van der Waals surface area contributed by atoms with E-state index in [2.05, 4.69) is 21.2 Å². The first-order valence-electron chi connectivity index (χ1n) is 6.20. The molecule has 3 nitrogen and oxygen atoms in total. The summed E-state index contributed by atoms with van der Waals surface area (Å²) in [6, 6.07) is 1.98. The number of anilines is 1. The number of carbonyl (C=O) groups is 1. The molecule has 1 aromatic carbocycles. The Balaban J connectivity index is 2.14. The Morgan fingerprint density at radius 2 is 1.84 bits per heavy atom. The molecule has 0 bridgehead atoms. The van der Waals surface area contributed by atoms with Crippen LogP contribution in [0.3, 0.4) is 0 Å². The number of benzene rings is 1. The molecule has 1 fully saturated rings. The lowest BCUT2D eigenvalue weighted by atomic mass is 9.84. The van der Waals surface area contributed by atoms with Gasteiger partial charge in [-0.2, -0.15) is 0 Å². The molecule has 1 aliphatic carbocycles. The fraction of sp³-hybridized carbons (Fsp3) is 0.462. The van der Waals surface area contributed by atoms with Crippen LogP contribution in [0.5, 0.6) is 0 Å². The van der Waals surface area contributed by atoms with Crippen LogP contribution in [0.15, 0.2) is 16.6 Å². The second-order valence-electron chi connectivity index (χ2n) is 4.79. The number of nitrogens with two attached hydrogens (primary N) is 1. The van der Waals surface area contributed by atoms with Gasteiger partial charge in [0.1, 0.15) is 5.69 Å². The number of hydrogen-bond donors (Lipinski definition) is 2. The summed E-state index contributed by atoms with van der Waals surface area (Å²) in [7, 11) is 0. The van der Waals surface area contributed by atoms with E-state index in [1.165, 1.54) is 0 Å². The molecule has 2 unspecified atom stereocenters. The molecule has 0 saturated heterocycles.